The predicted molar refractivity (Wildman–Crippen MR) is 92.4 cm³/mol. The molecular formula is C18H22F3N5O. The second-order valence-corrected chi connectivity index (χ2v) is 7.16. The number of carbonyl (C=O) groups is 1. The fourth-order valence-corrected chi connectivity index (χ4v) is 3.43. The molecule has 1 N–H and O–H groups in total. The van der Waals surface area contributed by atoms with Gasteiger partial charge in [-0.3, -0.25) is 4.79 Å². The first-order valence-corrected chi connectivity index (χ1v) is 8.99. The predicted octanol–water partition coefficient (Wildman–Crippen LogP) is 3.30. The van der Waals surface area contributed by atoms with E-state index in [-0.39, 0.29) is 29.9 Å². The van der Waals surface area contributed by atoms with Crippen molar-refractivity contribution < 1.29 is 18.0 Å². The summed E-state index contributed by atoms with van der Waals surface area (Å²) in [7, 11) is 0. The molecule has 0 saturated heterocycles. The Kier molecular flexibility index (Phi) is 5.48. The van der Waals surface area contributed by atoms with Gasteiger partial charge in [-0.25, -0.2) is 0 Å². The fraction of sp³-hybridized carbons (Fsp3) is 0.556. The van der Waals surface area contributed by atoms with E-state index in [4.69, 9.17) is 0 Å². The van der Waals surface area contributed by atoms with E-state index in [1.165, 1.54) is 18.6 Å². The average molecular weight is 381 g/mol. The average Bonchev–Trinajstić information content (AvgIpc) is 3.07. The summed E-state index contributed by atoms with van der Waals surface area (Å²) in [6.07, 6.45) is -1.26. The summed E-state index contributed by atoms with van der Waals surface area (Å²) in [5.41, 5.74) is -0.583. The lowest BCUT2D eigenvalue weighted by atomic mass is 9.78. The van der Waals surface area contributed by atoms with Crippen LogP contribution in [0.4, 0.5) is 13.2 Å². The van der Waals surface area contributed by atoms with Crippen molar-refractivity contribution in [3.8, 4) is 11.4 Å². The number of benzene rings is 1. The first-order valence-electron chi connectivity index (χ1n) is 8.99. The molecular weight excluding hydrogens is 359 g/mol. The van der Waals surface area contributed by atoms with Gasteiger partial charge in [0, 0.05) is 11.6 Å². The van der Waals surface area contributed by atoms with Crippen LogP contribution in [0.5, 0.6) is 0 Å². The molecule has 1 fully saturated rings. The SMILES string of the molecule is C[C@H]1[C@H](C)CCC[C@H]1NC(=O)Cn1nnc(-c2cccc(C(F)(F)F)c2)n1. The van der Waals surface area contributed by atoms with E-state index >= 15 is 0 Å². The van der Waals surface area contributed by atoms with Crippen molar-refractivity contribution in [2.75, 3.05) is 0 Å². The van der Waals surface area contributed by atoms with Gasteiger partial charge in [0.25, 0.3) is 0 Å². The molecule has 146 valence electrons. The second kappa shape index (κ2) is 7.66. The van der Waals surface area contributed by atoms with Gasteiger partial charge in [0.1, 0.15) is 6.54 Å². The number of tetrazole rings is 1. The lowest BCUT2D eigenvalue weighted by molar-refractivity contribution is -0.137. The molecule has 0 unspecified atom stereocenters. The van der Waals surface area contributed by atoms with E-state index in [2.05, 4.69) is 34.6 Å². The molecule has 0 spiro atoms. The molecule has 0 radical (unpaired) electrons. The van der Waals surface area contributed by atoms with Crippen molar-refractivity contribution in [2.24, 2.45) is 11.8 Å². The van der Waals surface area contributed by atoms with Gasteiger partial charge in [0.2, 0.25) is 11.7 Å². The maximum atomic E-state index is 12.8. The Morgan fingerprint density at radius 1 is 1.30 bits per heavy atom. The van der Waals surface area contributed by atoms with E-state index in [1.54, 1.807) is 0 Å². The number of halogens is 3. The van der Waals surface area contributed by atoms with Crippen LogP contribution in [-0.4, -0.2) is 32.2 Å². The van der Waals surface area contributed by atoms with Gasteiger partial charge in [-0.2, -0.15) is 18.0 Å². The Labute approximate surface area is 155 Å². The van der Waals surface area contributed by atoms with Crippen LogP contribution in [0, 0.1) is 11.8 Å². The van der Waals surface area contributed by atoms with Gasteiger partial charge >= 0.3 is 6.18 Å². The molecule has 1 saturated carbocycles. The third-order valence-corrected chi connectivity index (χ3v) is 5.24. The maximum absolute atomic E-state index is 12.8. The zero-order valence-corrected chi connectivity index (χ0v) is 15.2. The van der Waals surface area contributed by atoms with Crippen LogP contribution < -0.4 is 5.32 Å². The molecule has 1 aromatic carbocycles. The molecule has 1 aliphatic carbocycles. The molecule has 1 heterocycles. The van der Waals surface area contributed by atoms with Crippen molar-refractivity contribution in [3.63, 3.8) is 0 Å². The summed E-state index contributed by atoms with van der Waals surface area (Å²) in [4.78, 5) is 13.4. The molecule has 1 aliphatic rings. The van der Waals surface area contributed by atoms with Gasteiger partial charge in [0.05, 0.1) is 5.56 Å². The summed E-state index contributed by atoms with van der Waals surface area (Å²) in [6, 6.07) is 4.83. The van der Waals surface area contributed by atoms with Crippen molar-refractivity contribution in [2.45, 2.75) is 51.9 Å². The largest absolute Gasteiger partial charge is 0.416 e. The van der Waals surface area contributed by atoms with Gasteiger partial charge in [-0.1, -0.05) is 38.8 Å². The zero-order chi connectivity index (χ0) is 19.6. The fourth-order valence-electron chi connectivity index (χ4n) is 3.43. The third kappa shape index (κ3) is 4.64. The van der Waals surface area contributed by atoms with Crippen molar-refractivity contribution in [3.05, 3.63) is 29.8 Å². The minimum atomic E-state index is -4.44. The molecule has 9 heteroatoms. The summed E-state index contributed by atoms with van der Waals surface area (Å²) >= 11 is 0. The molecule has 3 atom stereocenters. The molecule has 1 amide bonds. The van der Waals surface area contributed by atoms with Crippen LogP contribution >= 0.6 is 0 Å². The standard InChI is InChI=1S/C18H22F3N5O/c1-11-5-3-8-15(12(11)2)22-16(27)10-26-24-17(23-25-26)13-6-4-7-14(9-13)18(19,20)21/h4,6-7,9,11-12,15H,3,5,8,10H2,1-2H3,(H,22,27)/t11-,12+,15-/m1/s1. The number of carbonyl (C=O) groups excluding carboxylic acids is 1. The second-order valence-electron chi connectivity index (χ2n) is 7.16. The quantitative estimate of drug-likeness (QED) is 0.882. The monoisotopic (exact) mass is 381 g/mol. The number of nitrogens with zero attached hydrogens (tertiary/aromatic N) is 4. The van der Waals surface area contributed by atoms with Gasteiger partial charge in [-0.15, -0.1) is 10.2 Å². The molecule has 27 heavy (non-hydrogen) atoms. The third-order valence-electron chi connectivity index (χ3n) is 5.24. The topological polar surface area (TPSA) is 72.7 Å². The first kappa shape index (κ1) is 19.3. The van der Waals surface area contributed by atoms with Crippen molar-refractivity contribution in [1.82, 2.24) is 25.5 Å². The van der Waals surface area contributed by atoms with Crippen LogP contribution in [0.15, 0.2) is 24.3 Å². The smallest absolute Gasteiger partial charge is 0.351 e. The summed E-state index contributed by atoms with van der Waals surface area (Å²) in [6.45, 7) is 4.20. The van der Waals surface area contributed by atoms with E-state index in [0.717, 1.165) is 29.8 Å². The summed E-state index contributed by atoms with van der Waals surface area (Å²) in [5.74, 6) is 0.774. The maximum Gasteiger partial charge on any atom is 0.416 e. The highest BCUT2D eigenvalue weighted by Crippen LogP contribution is 2.31. The number of aromatic nitrogens is 4. The molecule has 0 bridgehead atoms. The van der Waals surface area contributed by atoms with E-state index in [1.807, 2.05) is 0 Å². The van der Waals surface area contributed by atoms with Crippen LogP contribution in [0.3, 0.4) is 0 Å². The van der Waals surface area contributed by atoms with E-state index < -0.39 is 11.7 Å². The minimum absolute atomic E-state index is 0.0496. The summed E-state index contributed by atoms with van der Waals surface area (Å²) < 4.78 is 38.5. The number of hydrogen-bond acceptors (Lipinski definition) is 4. The highest BCUT2D eigenvalue weighted by atomic mass is 19.4. The number of nitrogens with one attached hydrogen (secondary N) is 1. The van der Waals surface area contributed by atoms with E-state index in [0.29, 0.717) is 11.8 Å². The number of hydrogen-bond donors (Lipinski definition) is 1. The highest BCUT2D eigenvalue weighted by Gasteiger charge is 2.31. The molecule has 0 aliphatic heterocycles. The molecule has 1 aromatic heterocycles. The Hall–Kier alpha value is -2.45. The first-order chi connectivity index (χ1) is 12.7. The van der Waals surface area contributed by atoms with Crippen LogP contribution in [0.1, 0.15) is 38.7 Å². The number of amides is 1. The van der Waals surface area contributed by atoms with Crippen LogP contribution in [-0.2, 0) is 17.5 Å². The lowest BCUT2D eigenvalue weighted by Gasteiger charge is -2.34. The van der Waals surface area contributed by atoms with Gasteiger partial charge in [0.15, 0.2) is 0 Å². The van der Waals surface area contributed by atoms with Crippen LogP contribution in [0.25, 0.3) is 11.4 Å². The minimum Gasteiger partial charge on any atom is -0.351 e. The Balaban J connectivity index is 1.65. The van der Waals surface area contributed by atoms with Crippen LogP contribution in [0.2, 0.25) is 0 Å². The highest BCUT2D eigenvalue weighted by molar-refractivity contribution is 5.75. The number of alkyl halides is 3. The molecule has 3 rings (SSSR count). The molecule has 6 nitrogen and oxygen atoms in total. The van der Waals surface area contributed by atoms with Crippen molar-refractivity contribution in [1.29, 1.82) is 0 Å². The normalized spacial score (nSPS) is 23.2. The Morgan fingerprint density at radius 3 is 2.81 bits per heavy atom. The summed E-state index contributed by atoms with van der Waals surface area (Å²) in [5, 5.41) is 14.6. The molecule has 2 aromatic rings. The lowest BCUT2D eigenvalue weighted by Crippen LogP contribution is -2.45. The van der Waals surface area contributed by atoms with Crippen molar-refractivity contribution >= 4 is 5.91 Å². The zero-order valence-electron chi connectivity index (χ0n) is 15.2. The van der Waals surface area contributed by atoms with Gasteiger partial charge in [-0.05, 0) is 35.6 Å². The van der Waals surface area contributed by atoms with E-state index in [9.17, 15) is 18.0 Å². The Morgan fingerprint density at radius 2 is 2.07 bits per heavy atom. The van der Waals surface area contributed by atoms with Gasteiger partial charge < -0.3 is 5.32 Å². The Bertz CT molecular complexity index is 804. The number of rotatable bonds is 4.